The molecule has 5 heteroatoms. The van der Waals surface area contributed by atoms with Gasteiger partial charge in [-0.1, -0.05) is 12.1 Å². The molecule has 2 aromatic heterocycles. The van der Waals surface area contributed by atoms with Gasteiger partial charge in [0, 0.05) is 12.1 Å². The van der Waals surface area contributed by atoms with E-state index in [0.717, 1.165) is 22.5 Å². The van der Waals surface area contributed by atoms with Crippen LogP contribution >= 0.6 is 0 Å². The lowest BCUT2D eigenvalue weighted by atomic mass is 9.97. The van der Waals surface area contributed by atoms with Crippen molar-refractivity contribution in [1.82, 2.24) is 19.6 Å². The lowest BCUT2D eigenvalue weighted by Crippen LogP contribution is -2.44. The molecule has 1 aliphatic rings. The molecule has 0 radical (unpaired) electrons. The van der Waals surface area contributed by atoms with Gasteiger partial charge in [0.2, 0.25) is 5.65 Å². The van der Waals surface area contributed by atoms with Crippen LogP contribution in [0.15, 0.2) is 30.6 Å². The largest absolute Gasteiger partial charge is 0.348 e. The molecule has 1 aromatic carbocycles. The quantitative estimate of drug-likeness (QED) is 0.688. The molecular weight excluding hydrogens is 262 g/mol. The van der Waals surface area contributed by atoms with Crippen LogP contribution in [0, 0.1) is 0 Å². The van der Waals surface area contributed by atoms with Gasteiger partial charge >= 0.3 is 0 Å². The molecule has 0 amide bonds. The fourth-order valence-electron chi connectivity index (χ4n) is 3.50. The van der Waals surface area contributed by atoms with Gasteiger partial charge in [-0.15, -0.1) is 10.2 Å². The van der Waals surface area contributed by atoms with Crippen LogP contribution in [0.4, 0.5) is 5.82 Å². The zero-order valence-corrected chi connectivity index (χ0v) is 12.4. The van der Waals surface area contributed by atoms with Gasteiger partial charge in [-0.2, -0.15) is 0 Å². The fraction of sp³-hybridized carbons (Fsp3) is 0.438. The molecule has 0 aliphatic carbocycles. The predicted molar refractivity (Wildman–Crippen MR) is 83.5 cm³/mol. The van der Waals surface area contributed by atoms with Crippen LogP contribution in [0.25, 0.3) is 16.7 Å². The number of rotatable bonds is 1. The molecule has 5 nitrogen and oxygen atoms in total. The zero-order valence-electron chi connectivity index (χ0n) is 12.4. The summed E-state index contributed by atoms with van der Waals surface area (Å²) in [7, 11) is 0. The SMILES string of the molecule is CC1CCCC(C)N1c1nc2ccccc2n2cnnc12. The van der Waals surface area contributed by atoms with Gasteiger partial charge in [0.15, 0.2) is 5.82 Å². The number of benzene rings is 1. The topological polar surface area (TPSA) is 46.3 Å². The van der Waals surface area contributed by atoms with Crippen molar-refractivity contribution in [3.63, 3.8) is 0 Å². The summed E-state index contributed by atoms with van der Waals surface area (Å²) in [6, 6.07) is 9.14. The smallest absolute Gasteiger partial charge is 0.204 e. The van der Waals surface area contributed by atoms with Crippen molar-refractivity contribution in [2.45, 2.75) is 45.2 Å². The van der Waals surface area contributed by atoms with Crippen LogP contribution in [-0.2, 0) is 0 Å². The maximum atomic E-state index is 4.90. The van der Waals surface area contributed by atoms with Crippen molar-refractivity contribution >= 4 is 22.5 Å². The Kier molecular flexibility index (Phi) is 2.80. The molecule has 2 atom stereocenters. The summed E-state index contributed by atoms with van der Waals surface area (Å²) < 4.78 is 2.05. The minimum Gasteiger partial charge on any atom is -0.348 e. The standard InChI is InChI=1S/C16H19N5/c1-11-6-5-7-12(2)21(11)15-16-19-17-10-20(16)14-9-4-3-8-13(14)18-15/h3-4,8-12H,5-7H2,1-2H3. The van der Waals surface area contributed by atoms with Gasteiger partial charge in [0.1, 0.15) is 6.33 Å². The first-order chi connectivity index (χ1) is 10.3. The van der Waals surface area contributed by atoms with E-state index in [-0.39, 0.29) is 0 Å². The first-order valence-corrected chi connectivity index (χ1v) is 7.62. The highest BCUT2D eigenvalue weighted by Gasteiger charge is 2.28. The molecule has 0 N–H and O–H groups in total. The van der Waals surface area contributed by atoms with Crippen molar-refractivity contribution in [3.05, 3.63) is 30.6 Å². The molecule has 0 saturated carbocycles. The monoisotopic (exact) mass is 281 g/mol. The number of aromatic nitrogens is 4. The Morgan fingerprint density at radius 1 is 1.10 bits per heavy atom. The van der Waals surface area contributed by atoms with Crippen LogP contribution < -0.4 is 4.90 Å². The van der Waals surface area contributed by atoms with E-state index in [1.54, 1.807) is 6.33 Å². The number of piperidine rings is 1. The summed E-state index contributed by atoms with van der Waals surface area (Å²) in [5.41, 5.74) is 2.90. The van der Waals surface area contributed by atoms with Gasteiger partial charge < -0.3 is 4.90 Å². The highest BCUT2D eigenvalue weighted by Crippen LogP contribution is 2.31. The molecule has 1 aliphatic heterocycles. The first kappa shape index (κ1) is 12.6. The van der Waals surface area contributed by atoms with E-state index in [1.807, 2.05) is 16.5 Å². The molecule has 0 spiro atoms. The maximum Gasteiger partial charge on any atom is 0.204 e. The van der Waals surface area contributed by atoms with E-state index >= 15 is 0 Å². The Bertz CT molecular complexity index is 784. The van der Waals surface area contributed by atoms with E-state index in [4.69, 9.17) is 4.98 Å². The number of hydrogen-bond acceptors (Lipinski definition) is 4. The van der Waals surface area contributed by atoms with Gasteiger partial charge in [-0.05, 0) is 45.2 Å². The molecule has 4 rings (SSSR count). The number of fused-ring (bicyclic) bond motifs is 3. The number of hydrogen-bond donors (Lipinski definition) is 0. The Morgan fingerprint density at radius 3 is 2.67 bits per heavy atom. The second-order valence-corrected chi connectivity index (χ2v) is 5.98. The lowest BCUT2D eigenvalue weighted by Gasteiger charge is -2.40. The molecule has 108 valence electrons. The van der Waals surface area contributed by atoms with E-state index < -0.39 is 0 Å². The Morgan fingerprint density at radius 2 is 1.86 bits per heavy atom. The minimum absolute atomic E-state index is 0.489. The van der Waals surface area contributed by atoms with Crippen molar-refractivity contribution in [1.29, 1.82) is 0 Å². The molecule has 0 bridgehead atoms. The summed E-state index contributed by atoms with van der Waals surface area (Å²) in [5, 5.41) is 8.42. The van der Waals surface area contributed by atoms with E-state index in [1.165, 1.54) is 19.3 Å². The molecule has 3 heterocycles. The van der Waals surface area contributed by atoms with Gasteiger partial charge in [0.05, 0.1) is 11.0 Å². The number of para-hydroxylation sites is 2. The van der Waals surface area contributed by atoms with Gasteiger partial charge in [-0.25, -0.2) is 4.98 Å². The average Bonchev–Trinajstić information content (AvgIpc) is 2.97. The minimum atomic E-state index is 0.489. The predicted octanol–water partition coefficient (Wildman–Crippen LogP) is 3.04. The third kappa shape index (κ3) is 1.87. The Balaban J connectivity index is 2.00. The third-order valence-corrected chi connectivity index (χ3v) is 4.55. The van der Waals surface area contributed by atoms with Crippen LogP contribution in [0.5, 0.6) is 0 Å². The molecular formula is C16H19N5. The van der Waals surface area contributed by atoms with Crippen molar-refractivity contribution in [2.24, 2.45) is 0 Å². The number of nitrogens with zero attached hydrogens (tertiary/aromatic N) is 5. The summed E-state index contributed by atoms with van der Waals surface area (Å²) in [4.78, 5) is 7.32. The fourth-order valence-corrected chi connectivity index (χ4v) is 3.50. The van der Waals surface area contributed by atoms with E-state index in [2.05, 4.69) is 41.1 Å². The zero-order chi connectivity index (χ0) is 14.4. The highest BCUT2D eigenvalue weighted by molar-refractivity contribution is 5.83. The Hall–Kier alpha value is -2.17. The molecule has 1 saturated heterocycles. The first-order valence-electron chi connectivity index (χ1n) is 7.62. The van der Waals surface area contributed by atoms with Crippen molar-refractivity contribution in [2.75, 3.05) is 4.90 Å². The normalized spacial score (nSPS) is 23.0. The lowest BCUT2D eigenvalue weighted by molar-refractivity contribution is 0.412. The molecule has 21 heavy (non-hydrogen) atoms. The van der Waals surface area contributed by atoms with E-state index in [0.29, 0.717) is 12.1 Å². The molecule has 3 aromatic rings. The van der Waals surface area contributed by atoms with Crippen molar-refractivity contribution < 1.29 is 0 Å². The number of anilines is 1. The highest BCUT2D eigenvalue weighted by atomic mass is 15.3. The average molecular weight is 281 g/mol. The third-order valence-electron chi connectivity index (χ3n) is 4.55. The summed E-state index contributed by atoms with van der Waals surface area (Å²) in [5.74, 6) is 0.964. The summed E-state index contributed by atoms with van der Waals surface area (Å²) in [6.45, 7) is 4.55. The van der Waals surface area contributed by atoms with Crippen molar-refractivity contribution in [3.8, 4) is 0 Å². The second kappa shape index (κ2) is 4.69. The van der Waals surface area contributed by atoms with E-state index in [9.17, 15) is 0 Å². The maximum absolute atomic E-state index is 4.90. The molecule has 2 unspecified atom stereocenters. The summed E-state index contributed by atoms with van der Waals surface area (Å²) in [6.07, 6.45) is 5.48. The molecule has 1 fully saturated rings. The van der Waals surface area contributed by atoms with Gasteiger partial charge in [-0.3, -0.25) is 4.40 Å². The van der Waals surface area contributed by atoms with Crippen LogP contribution in [0.1, 0.15) is 33.1 Å². The van der Waals surface area contributed by atoms with Crippen LogP contribution in [-0.4, -0.2) is 31.7 Å². The summed E-state index contributed by atoms with van der Waals surface area (Å²) >= 11 is 0. The van der Waals surface area contributed by atoms with Crippen LogP contribution in [0.2, 0.25) is 0 Å². The van der Waals surface area contributed by atoms with Crippen LogP contribution in [0.3, 0.4) is 0 Å². The Labute approximate surface area is 123 Å². The van der Waals surface area contributed by atoms with Gasteiger partial charge in [0.25, 0.3) is 0 Å². The second-order valence-electron chi connectivity index (χ2n) is 5.98.